The fourth-order valence-corrected chi connectivity index (χ4v) is 3.99. The molecule has 8 heteroatoms. The molecule has 0 aliphatic carbocycles. The van der Waals surface area contributed by atoms with Gasteiger partial charge >= 0.3 is 11.9 Å². The molecule has 42 heavy (non-hydrogen) atoms. The third-order valence-electron chi connectivity index (χ3n) is 6.03. The van der Waals surface area contributed by atoms with E-state index in [2.05, 4.69) is 34.3 Å². The molecule has 2 amide bonds. The zero-order valence-corrected chi connectivity index (χ0v) is 24.4. The van der Waals surface area contributed by atoms with Crippen molar-refractivity contribution in [2.24, 2.45) is 0 Å². The number of carbonyl (C=O) groups excluding carboxylic acids is 4. The second kappa shape index (κ2) is 20.3. The van der Waals surface area contributed by atoms with Gasteiger partial charge in [-0.2, -0.15) is 0 Å². The van der Waals surface area contributed by atoms with E-state index in [0.29, 0.717) is 38.5 Å². The second-order valence-corrected chi connectivity index (χ2v) is 9.43. The van der Waals surface area contributed by atoms with Gasteiger partial charge in [-0.05, 0) is 49.7 Å². The van der Waals surface area contributed by atoms with Crippen LogP contribution in [0.1, 0.15) is 63.5 Å². The molecule has 0 aliphatic rings. The normalized spacial score (nSPS) is 11.4. The molecule has 2 aromatic carbocycles. The van der Waals surface area contributed by atoms with Gasteiger partial charge in [-0.25, -0.2) is 9.59 Å². The van der Waals surface area contributed by atoms with Gasteiger partial charge in [0, 0.05) is 38.5 Å². The van der Waals surface area contributed by atoms with Gasteiger partial charge in [-0.1, -0.05) is 72.5 Å². The topological polar surface area (TPSA) is 111 Å². The molecule has 0 saturated carbocycles. The van der Waals surface area contributed by atoms with Gasteiger partial charge in [0.1, 0.15) is 12.1 Å². The van der Waals surface area contributed by atoms with Crippen LogP contribution in [0.4, 0.5) is 0 Å². The summed E-state index contributed by atoms with van der Waals surface area (Å²) in [5.41, 5.74) is 1.87. The van der Waals surface area contributed by atoms with Crippen LogP contribution in [0.15, 0.2) is 60.7 Å². The molecule has 0 heterocycles. The summed E-state index contributed by atoms with van der Waals surface area (Å²) in [7, 11) is 0. The standard InChI is InChI=1S/C34H40N2O6/c1-3-41-33(39)29(25-27-19-13-11-14-20-27)35-31(37)23-17-9-7-5-6-8-10-18-24-32(38)36-30(34(40)42-4-2)26-28-21-15-12-16-22-28/h11-16,19-22,29-30H,3-4,9-10,17-18,23-26H2,1-2H3,(H,35,37)(H,36,38). The summed E-state index contributed by atoms with van der Waals surface area (Å²) in [5.74, 6) is 10.0. The van der Waals surface area contributed by atoms with Crippen molar-refractivity contribution >= 4 is 23.8 Å². The molecule has 0 saturated heterocycles. The summed E-state index contributed by atoms with van der Waals surface area (Å²) in [4.78, 5) is 49.4. The van der Waals surface area contributed by atoms with E-state index in [1.165, 1.54) is 0 Å². The molecule has 2 N–H and O–H groups in total. The van der Waals surface area contributed by atoms with Crippen LogP contribution in [0.3, 0.4) is 0 Å². The SMILES string of the molecule is CCOC(=O)C(Cc1ccccc1)NC(=O)CCCC#CC#CCCCC(=O)NC(Cc1ccccc1)C(=O)OCC. The van der Waals surface area contributed by atoms with Crippen LogP contribution in [0.5, 0.6) is 0 Å². The highest BCUT2D eigenvalue weighted by Crippen LogP contribution is 2.07. The first-order chi connectivity index (χ1) is 20.4. The van der Waals surface area contributed by atoms with Crippen LogP contribution in [-0.4, -0.2) is 49.1 Å². The zero-order chi connectivity index (χ0) is 30.4. The number of unbranched alkanes of at least 4 members (excludes halogenated alkanes) is 2. The fraction of sp³-hybridized carbons (Fsp3) is 0.412. The average Bonchev–Trinajstić information content (AvgIpc) is 2.98. The van der Waals surface area contributed by atoms with Gasteiger partial charge in [0.05, 0.1) is 13.2 Å². The minimum atomic E-state index is -0.737. The van der Waals surface area contributed by atoms with Crippen LogP contribution in [0, 0.1) is 23.7 Å². The summed E-state index contributed by atoms with van der Waals surface area (Å²) < 4.78 is 10.2. The highest BCUT2D eigenvalue weighted by Gasteiger charge is 2.23. The number of rotatable bonds is 16. The second-order valence-electron chi connectivity index (χ2n) is 9.43. The Morgan fingerprint density at radius 3 is 1.38 bits per heavy atom. The van der Waals surface area contributed by atoms with E-state index in [4.69, 9.17) is 9.47 Å². The number of hydrogen-bond donors (Lipinski definition) is 2. The molecule has 0 fully saturated rings. The zero-order valence-electron chi connectivity index (χ0n) is 24.4. The van der Waals surface area contributed by atoms with Crippen LogP contribution >= 0.6 is 0 Å². The van der Waals surface area contributed by atoms with Crippen molar-refractivity contribution in [1.29, 1.82) is 0 Å². The Hall–Kier alpha value is -4.56. The predicted molar refractivity (Wildman–Crippen MR) is 161 cm³/mol. The van der Waals surface area contributed by atoms with E-state index in [0.717, 1.165) is 11.1 Å². The van der Waals surface area contributed by atoms with Crippen LogP contribution in [0.25, 0.3) is 0 Å². The predicted octanol–water partition coefficient (Wildman–Crippen LogP) is 3.92. The molecule has 2 atom stereocenters. The van der Waals surface area contributed by atoms with Gasteiger partial charge in [-0.15, -0.1) is 0 Å². The van der Waals surface area contributed by atoms with E-state index in [1.54, 1.807) is 13.8 Å². The number of esters is 2. The van der Waals surface area contributed by atoms with E-state index in [9.17, 15) is 19.2 Å². The average molecular weight is 573 g/mol. The Labute approximate surface area is 248 Å². The van der Waals surface area contributed by atoms with E-state index >= 15 is 0 Å². The molecule has 2 aromatic rings. The maximum Gasteiger partial charge on any atom is 0.328 e. The first-order valence-electron chi connectivity index (χ1n) is 14.4. The first kappa shape index (κ1) is 33.6. The largest absolute Gasteiger partial charge is 0.464 e. The lowest BCUT2D eigenvalue weighted by Crippen LogP contribution is -2.43. The van der Waals surface area contributed by atoms with Gasteiger partial charge in [0.25, 0.3) is 0 Å². The lowest BCUT2D eigenvalue weighted by molar-refractivity contribution is -0.147. The minimum absolute atomic E-state index is 0.232. The molecule has 222 valence electrons. The van der Waals surface area contributed by atoms with Crippen LogP contribution < -0.4 is 10.6 Å². The summed E-state index contributed by atoms with van der Waals surface area (Å²) in [6.45, 7) is 3.95. The van der Waals surface area contributed by atoms with E-state index in [-0.39, 0.29) is 37.9 Å². The van der Waals surface area contributed by atoms with Gasteiger partial charge in [0.15, 0.2) is 0 Å². The fourth-order valence-electron chi connectivity index (χ4n) is 3.99. The summed E-state index contributed by atoms with van der Waals surface area (Å²) in [6, 6.07) is 17.5. The van der Waals surface area contributed by atoms with Crippen molar-refractivity contribution in [3.63, 3.8) is 0 Å². The van der Waals surface area contributed by atoms with Crippen molar-refractivity contribution in [1.82, 2.24) is 10.6 Å². The van der Waals surface area contributed by atoms with E-state index < -0.39 is 24.0 Å². The van der Waals surface area contributed by atoms with Crippen LogP contribution in [0.2, 0.25) is 0 Å². The lowest BCUT2D eigenvalue weighted by Gasteiger charge is -2.17. The molecule has 8 nitrogen and oxygen atoms in total. The maximum absolute atomic E-state index is 12.4. The quantitative estimate of drug-likeness (QED) is 0.179. The van der Waals surface area contributed by atoms with Crippen molar-refractivity contribution in [3.05, 3.63) is 71.8 Å². The number of amides is 2. The molecule has 0 spiro atoms. The maximum atomic E-state index is 12.4. The molecule has 0 aliphatic heterocycles. The smallest absolute Gasteiger partial charge is 0.328 e. The Balaban J connectivity index is 1.68. The Kier molecular flexibility index (Phi) is 16.3. The number of hydrogen-bond acceptors (Lipinski definition) is 6. The van der Waals surface area contributed by atoms with Gasteiger partial charge in [-0.3, -0.25) is 9.59 Å². The number of ether oxygens (including phenoxy) is 2. The Morgan fingerprint density at radius 1 is 0.643 bits per heavy atom. The lowest BCUT2D eigenvalue weighted by atomic mass is 10.1. The molecule has 0 bridgehead atoms. The molecule has 0 radical (unpaired) electrons. The number of nitrogens with one attached hydrogen (secondary N) is 2. The summed E-state index contributed by atoms with van der Waals surface area (Å²) in [5, 5.41) is 5.54. The molecule has 0 aromatic heterocycles. The summed E-state index contributed by atoms with van der Waals surface area (Å²) in [6.07, 6.45) is 3.24. The van der Waals surface area contributed by atoms with Crippen molar-refractivity contribution < 1.29 is 28.7 Å². The Bertz CT molecular complexity index is 1160. The van der Waals surface area contributed by atoms with Crippen LogP contribution in [-0.2, 0) is 41.5 Å². The van der Waals surface area contributed by atoms with Gasteiger partial charge < -0.3 is 20.1 Å². The molecule has 2 unspecified atom stereocenters. The summed E-state index contributed by atoms with van der Waals surface area (Å²) >= 11 is 0. The van der Waals surface area contributed by atoms with E-state index in [1.807, 2.05) is 60.7 Å². The van der Waals surface area contributed by atoms with Gasteiger partial charge in [0.2, 0.25) is 11.8 Å². The first-order valence-corrected chi connectivity index (χ1v) is 14.4. The van der Waals surface area contributed by atoms with Crippen molar-refractivity contribution in [3.8, 4) is 23.7 Å². The Morgan fingerprint density at radius 2 is 1.02 bits per heavy atom. The molecular formula is C34H40N2O6. The third-order valence-corrected chi connectivity index (χ3v) is 6.03. The number of carbonyl (C=O) groups is 4. The highest BCUT2D eigenvalue weighted by atomic mass is 16.5. The molecule has 2 rings (SSSR count). The minimum Gasteiger partial charge on any atom is -0.464 e. The van der Waals surface area contributed by atoms with Crippen molar-refractivity contribution in [2.45, 2.75) is 77.3 Å². The molecular weight excluding hydrogens is 532 g/mol. The number of benzene rings is 2. The monoisotopic (exact) mass is 572 g/mol. The third kappa shape index (κ3) is 14.2. The van der Waals surface area contributed by atoms with Crippen molar-refractivity contribution in [2.75, 3.05) is 13.2 Å². The highest BCUT2D eigenvalue weighted by molar-refractivity contribution is 5.85.